The van der Waals surface area contributed by atoms with Crippen LogP contribution in [0.3, 0.4) is 0 Å². The molecule has 11 heteroatoms. The molecule has 194 valence electrons. The van der Waals surface area contributed by atoms with Crippen molar-refractivity contribution >= 4 is 62.8 Å². The topological polar surface area (TPSA) is 113 Å². The predicted molar refractivity (Wildman–Crippen MR) is 148 cm³/mol. The minimum atomic E-state index is -3.77. The normalized spacial score (nSPS) is 15.4. The average molecular weight is 580 g/mol. The number of aliphatic hydroxyl groups is 1. The Bertz CT molecular complexity index is 1430. The second kappa shape index (κ2) is 12.7. The molecule has 1 aliphatic heterocycles. The summed E-state index contributed by atoms with van der Waals surface area (Å²) in [5.41, 5.74) is 2.20. The number of nitrogens with one attached hydrogen (secondary N) is 2. The third kappa shape index (κ3) is 7.44. The molecule has 1 atom stereocenters. The number of halogens is 2. The number of benzene rings is 3. The first-order valence-electron chi connectivity index (χ1n) is 11.1. The molecule has 0 aliphatic carbocycles. The summed E-state index contributed by atoms with van der Waals surface area (Å²) in [4.78, 5) is 23.6. The summed E-state index contributed by atoms with van der Waals surface area (Å²) in [5.74, 6) is -0.498. The molecule has 0 bridgehead atoms. The van der Waals surface area contributed by atoms with Crippen LogP contribution in [0.2, 0.25) is 5.02 Å². The third-order valence-corrected chi connectivity index (χ3v) is 8.32. The highest BCUT2D eigenvalue weighted by atomic mass is 35.5. The van der Waals surface area contributed by atoms with E-state index in [2.05, 4.69) is 10.6 Å². The monoisotopic (exact) mass is 578 g/mol. The number of rotatable bonds is 9. The zero-order valence-electron chi connectivity index (χ0n) is 19.4. The molecule has 0 aromatic heterocycles. The second-order valence-corrected chi connectivity index (χ2v) is 11.5. The van der Waals surface area contributed by atoms with Crippen LogP contribution in [0.1, 0.15) is 22.8 Å². The number of aliphatic hydroxyl groups excluding tert-OH is 1. The van der Waals surface area contributed by atoms with Gasteiger partial charge in [0.2, 0.25) is 9.84 Å². The van der Waals surface area contributed by atoms with Gasteiger partial charge in [-0.15, -0.1) is 12.4 Å². The number of carbonyl (C=O) groups is 2. The summed E-state index contributed by atoms with van der Waals surface area (Å²) >= 11 is 6.74. The third-order valence-electron chi connectivity index (χ3n) is 5.50. The minimum Gasteiger partial charge on any atom is -0.387 e. The summed E-state index contributed by atoms with van der Waals surface area (Å²) in [6, 6.07) is 20.0. The lowest BCUT2D eigenvalue weighted by molar-refractivity contribution is -0.115. The summed E-state index contributed by atoms with van der Waals surface area (Å²) in [6.45, 7) is 0.974. The molecule has 7 nitrogen and oxygen atoms in total. The van der Waals surface area contributed by atoms with Crippen LogP contribution in [0, 0.1) is 0 Å². The van der Waals surface area contributed by atoms with Crippen LogP contribution in [0.5, 0.6) is 0 Å². The molecular formula is C26H24Cl2N2O5S2. The summed E-state index contributed by atoms with van der Waals surface area (Å²) < 4.78 is 26.3. The first-order valence-corrected chi connectivity index (χ1v) is 13.7. The number of carbonyl (C=O) groups excluding carboxylic acids is 2. The Hall–Kier alpha value is -2.66. The SMILES string of the molecule is Cl.O=C1NC(=O)C(=Cc2cccc(S(=O)(=O)c3ccc(CCNC[C@@H](O)c4cccc(Cl)c4)cc3)c2)S1. The van der Waals surface area contributed by atoms with Crippen molar-refractivity contribution in [3.05, 3.63) is 99.4 Å². The van der Waals surface area contributed by atoms with E-state index in [0.29, 0.717) is 30.1 Å². The van der Waals surface area contributed by atoms with Gasteiger partial charge >= 0.3 is 0 Å². The molecule has 37 heavy (non-hydrogen) atoms. The molecule has 0 saturated carbocycles. The Labute approximate surface area is 230 Å². The van der Waals surface area contributed by atoms with Crippen LogP contribution < -0.4 is 10.6 Å². The van der Waals surface area contributed by atoms with E-state index >= 15 is 0 Å². The van der Waals surface area contributed by atoms with Gasteiger partial charge in [-0.2, -0.15) is 0 Å². The molecule has 1 heterocycles. The van der Waals surface area contributed by atoms with Crippen LogP contribution in [0.4, 0.5) is 4.79 Å². The number of hydrogen-bond donors (Lipinski definition) is 3. The number of thioether (sulfide) groups is 1. The fourth-order valence-corrected chi connectivity index (χ4v) is 5.81. The Kier molecular flexibility index (Phi) is 9.94. The van der Waals surface area contributed by atoms with Gasteiger partial charge in [-0.3, -0.25) is 14.9 Å². The molecule has 3 aromatic rings. The number of imide groups is 1. The molecule has 1 aliphatic rings. The van der Waals surface area contributed by atoms with Crippen molar-refractivity contribution in [3.63, 3.8) is 0 Å². The number of sulfone groups is 1. The molecule has 1 saturated heterocycles. The second-order valence-electron chi connectivity index (χ2n) is 8.10. The summed E-state index contributed by atoms with van der Waals surface area (Å²) in [6.07, 6.45) is 1.47. The highest BCUT2D eigenvalue weighted by molar-refractivity contribution is 8.18. The summed E-state index contributed by atoms with van der Waals surface area (Å²) in [5, 5.41) is 15.8. The Morgan fingerprint density at radius 1 is 1.00 bits per heavy atom. The van der Waals surface area contributed by atoms with Gasteiger partial charge < -0.3 is 10.4 Å². The molecule has 0 unspecified atom stereocenters. The van der Waals surface area contributed by atoms with E-state index in [1.165, 1.54) is 18.2 Å². The minimum absolute atomic E-state index is 0. The van der Waals surface area contributed by atoms with Crippen molar-refractivity contribution in [3.8, 4) is 0 Å². The van der Waals surface area contributed by atoms with Gasteiger partial charge in [-0.25, -0.2) is 8.42 Å². The molecule has 0 spiro atoms. The van der Waals surface area contributed by atoms with Gasteiger partial charge in [-0.1, -0.05) is 48.0 Å². The van der Waals surface area contributed by atoms with Crippen LogP contribution >= 0.6 is 35.8 Å². The van der Waals surface area contributed by atoms with Gasteiger partial charge in [0.1, 0.15) is 0 Å². The van der Waals surface area contributed by atoms with Crippen LogP contribution in [-0.2, 0) is 21.1 Å². The predicted octanol–water partition coefficient (Wildman–Crippen LogP) is 4.78. The Balaban J connectivity index is 0.00000380. The van der Waals surface area contributed by atoms with Crippen molar-refractivity contribution in [2.24, 2.45) is 0 Å². The van der Waals surface area contributed by atoms with Crippen molar-refractivity contribution in [1.82, 2.24) is 10.6 Å². The van der Waals surface area contributed by atoms with E-state index in [9.17, 15) is 23.1 Å². The van der Waals surface area contributed by atoms with Crippen LogP contribution in [-0.4, -0.2) is 37.8 Å². The van der Waals surface area contributed by atoms with E-state index in [-0.39, 0.29) is 27.1 Å². The van der Waals surface area contributed by atoms with Crippen molar-refractivity contribution < 1.29 is 23.1 Å². The molecule has 0 radical (unpaired) electrons. The molecule has 2 amide bonds. The highest BCUT2D eigenvalue weighted by Crippen LogP contribution is 2.27. The standard InChI is InChI=1S/C26H23ClN2O5S2.ClH/c27-20-5-2-4-19(15-20)23(30)16-28-12-11-17-7-9-21(10-8-17)36(33,34)22-6-1-3-18(13-22)14-24-25(31)29-26(32)35-24;/h1-10,13-15,23,28,30H,11-12,16H2,(H,29,31,32);1H/t23-;/m1./s1. The van der Waals surface area contributed by atoms with Gasteiger partial charge in [0.05, 0.1) is 20.8 Å². The zero-order chi connectivity index (χ0) is 25.7. The molecule has 4 rings (SSSR count). The van der Waals surface area contributed by atoms with Gasteiger partial charge in [-0.05, 0) is 83.9 Å². The van der Waals surface area contributed by atoms with Crippen LogP contribution in [0.15, 0.2) is 87.5 Å². The quantitative estimate of drug-likeness (QED) is 0.247. The van der Waals surface area contributed by atoms with Gasteiger partial charge in [0.15, 0.2) is 0 Å². The first kappa shape index (κ1) is 28.9. The maximum atomic E-state index is 13.1. The fourth-order valence-electron chi connectivity index (χ4n) is 3.62. The number of amides is 2. The van der Waals surface area contributed by atoms with E-state index in [4.69, 9.17) is 11.6 Å². The largest absolute Gasteiger partial charge is 0.387 e. The lowest BCUT2D eigenvalue weighted by Crippen LogP contribution is -2.23. The van der Waals surface area contributed by atoms with Crippen LogP contribution in [0.25, 0.3) is 6.08 Å². The Morgan fingerprint density at radius 3 is 2.41 bits per heavy atom. The van der Waals surface area contributed by atoms with Gasteiger partial charge in [0, 0.05) is 11.6 Å². The Morgan fingerprint density at radius 2 is 1.73 bits per heavy atom. The zero-order valence-corrected chi connectivity index (χ0v) is 22.6. The molecule has 1 fully saturated rings. The van der Waals surface area contributed by atoms with E-state index in [1.807, 2.05) is 6.07 Å². The van der Waals surface area contributed by atoms with Gasteiger partial charge in [0.25, 0.3) is 11.1 Å². The fraction of sp³-hybridized carbons (Fsp3) is 0.154. The molecule has 3 aromatic carbocycles. The first-order chi connectivity index (χ1) is 17.2. The maximum Gasteiger partial charge on any atom is 0.290 e. The number of hydrogen-bond acceptors (Lipinski definition) is 7. The lowest BCUT2D eigenvalue weighted by atomic mass is 10.1. The van der Waals surface area contributed by atoms with E-state index in [1.54, 1.807) is 54.6 Å². The van der Waals surface area contributed by atoms with Crippen molar-refractivity contribution in [2.45, 2.75) is 22.3 Å². The summed E-state index contributed by atoms with van der Waals surface area (Å²) in [7, 11) is -3.77. The molecular weight excluding hydrogens is 555 g/mol. The smallest absolute Gasteiger partial charge is 0.290 e. The van der Waals surface area contributed by atoms with E-state index in [0.717, 1.165) is 22.9 Å². The molecule has 3 N–H and O–H groups in total. The maximum absolute atomic E-state index is 13.1. The van der Waals surface area contributed by atoms with Crippen molar-refractivity contribution in [1.29, 1.82) is 0 Å². The van der Waals surface area contributed by atoms with E-state index < -0.39 is 27.1 Å². The highest BCUT2D eigenvalue weighted by Gasteiger charge is 2.25. The average Bonchev–Trinajstić information content (AvgIpc) is 3.18. The van der Waals surface area contributed by atoms with Crippen molar-refractivity contribution in [2.75, 3.05) is 13.1 Å². The lowest BCUT2D eigenvalue weighted by Gasteiger charge is -2.13.